The van der Waals surface area contributed by atoms with Crippen LogP contribution in [-0.2, 0) is 9.47 Å². The van der Waals surface area contributed by atoms with Crippen LogP contribution in [-0.4, -0.2) is 24.9 Å². The van der Waals surface area contributed by atoms with E-state index in [2.05, 4.69) is 6.92 Å². The molecule has 1 aliphatic heterocycles. The van der Waals surface area contributed by atoms with Gasteiger partial charge < -0.3 is 9.47 Å². The Morgan fingerprint density at radius 2 is 1.81 bits per heavy atom. The van der Waals surface area contributed by atoms with Crippen LogP contribution in [0.4, 0.5) is 0 Å². The lowest BCUT2D eigenvalue weighted by Gasteiger charge is -2.39. The molecule has 2 fully saturated rings. The van der Waals surface area contributed by atoms with E-state index in [9.17, 15) is 0 Å². The summed E-state index contributed by atoms with van der Waals surface area (Å²) in [6.07, 6.45) is 12.8. The van der Waals surface area contributed by atoms with Gasteiger partial charge in [-0.3, -0.25) is 0 Å². The second kappa shape index (κ2) is 6.61. The predicted octanol–water partition coefficient (Wildman–Crippen LogP) is 3.68. The standard InChI is InChI=1S/C14H26O2/c1-2-3-4-5-8-12-11-15-13-9-6-7-10-14(13)16-12/h12-14H,2-11H2,1H3/t12-,13+,14+/m0/s1. The van der Waals surface area contributed by atoms with Crippen LogP contribution >= 0.6 is 0 Å². The first-order valence-corrected chi connectivity index (χ1v) is 7.17. The summed E-state index contributed by atoms with van der Waals surface area (Å²) in [6.45, 7) is 3.10. The normalized spacial score (nSPS) is 34.7. The van der Waals surface area contributed by atoms with Gasteiger partial charge in [0.25, 0.3) is 0 Å². The number of hydrogen-bond acceptors (Lipinski definition) is 2. The van der Waals surface area contributed by atoms with Crippen molar-refractivity contribution >= 4 is 0 Å². The van der Waals surface area contributed by atoms with Gasteiger partial charge >= 0.3 is 0 Å². The lowest BCUT2D eigenvalue weighted by molar-refractivity contribution is -0.193. The number of rotatable bonds is 5. The fraction of sp³-hybridized carbons (Fsp3) is 1.00. The molecule has 0 spiro atoms. The average Bonchev–Trinajstić information content (AvgIpc) is 2.34. The van der Waals surface area contributed by atoms with Gasteiger partial charge in [0.1, 0.15) is 0 Å². The molecule has 0 N–H and O–H groups in total. The zero-order valence-electron chi connectivity index (χ0n) is 10.6. The fourth-order valence-corrected chi connectivity index (χ4v) is 2.88. The van der Waals surface area contributed by atoms with E-state index in [0.717, 1.165) is 6.61 Å². The first kappa shape index (κ1) is 12.4. The second-order valence-corrected chi connectivity index (χ2v) is 5.30. The largest absolute Gasteiger partial charge is 0.373 e. The Balaban J connectivity index is 1.65. The minimum atomic E-state index is 0.385. The van der Waals surface area contributed by atoms with Gasteiger partial charge in [0.2, 0.25) is 0 Å². The minimum Gasteiger partial charge on any atom is -0.373 e. The van der Waals surface area contributed by atoms with Gasteiger partial charge in [0.05, 0.1) is 24.9 Å². The van der Waals surface area contributed by atoms with Crippen LogP contribution in [0.15, 0.2) is 0 Å². The highest BCUT2D eigenvalue weighted by Crippen LogP contribution is 2.29. The third kappa shape index (κ3) is 3.46. The molecule has 1 saturated carbocycles. The van der Waals surface area contributed by atoms with Crippen molar-refractivity contribution in [2.24, 2.45) is 0 Å². The summed E-state index contributed by atoms with van der Waals surface area (Å²) in [7, 11) is 0. The summed E-state index contributed by atoms with van der Waals surface area (Å²) in [4.78, 5) is 0. The summed E-state index contributed by atoms with van der Waals surface area (Å²) in [6, 6.07) is 0. The SMILES string of the molecule is CCCCCC[C@H]1CO[C@@H]2CCCC[C@H]2O1. The number of fused-ring (bicyclic) bond motifs is 1. The Bertz CT molecular complexity index is 193. The molecule has 2 heteroatoms. The Labute approximate surface area is 99.7 Å². The van der Waals surface area contributed by atoms with Crippen LogP contribution in [0.1, 0.15) is 64.7 Å². The van der Waals surface area contributed by atoms with Gasteiger partial charge in [-0.15, -0.1) is 0 Å². The van der Waals surface area contributed by atoms with Crippen molar-refractivity contribution in [1.82, 2.24) is 0 Å². The molecular formula is C14H26O2. The third-order valence-electron chi connectivity index (χ3n) is 3.89. The van der Waals surface area contributed by atoms with Crippen molar-refractivity contribution in [3.63, 3.8) is 0 Å². The van der Waals surface area contributed by atoms with Gasteiger partial charge in [-0.2, -0.15) is 0 Å². The van der Waals surface area contributed by atoms with E-state index in [-0.39, 0.29) is 0 Å². The highest BCUT2D eigenvalue weighted by molar-refractivity contribution is 4.81. The molecule has 1 aliphatic carbocycles. The molecule has 0 amide bonds. The zero-order chi connectivity index (χ0) is 11.2. The van der Waals surface area contributed by atoms with Gasteiger partial charge in [-0.05, 0) is 19.3 Å². The van der Waals surface area contributed by atoms with Gasteiger partial charge in [0, 0.05) is 0 Å². The van der Waals surface area contributed by atoms with Crippen molar-refractivity contribution in [2.45, 2.75) is 83.0 Å². The smallest absolute Gasteiger partial charge is 0.0841 e. The molecule has 16 heavy (non-hydrogen) atoms. The molecule has 1 saturated heterocycles. The van der Waals surface area contributed by atoms with E-state index in [1.807, 2.05) is 0 Å². The quantitative estimate of drug-likeness (QED) is 0.666. The summed E-state index contributed by atoms with van der Waals surface area (Å²) >= 11 is 0. The molecule has 0 radical (unpaired) electrons. The first-order chi connectivity index (χ1) is 7.90. The average molecular weight is 226 g/mol. The maximum absolute atomic E-state index is 6.15. The van der Waals surface area contributed by atoms with Crippen LogP contribution in [0.5, 0.6) is 0 Å². The zero-order valence-corrected chi connectivity index (χ0v) is 10.6. The van der Waals surface area contributed by atoms with Crippen LogP contribution in [0.3, 0.4) is 0 Å². The van der Waals surface area contributed by atoms with E-state index < -0.39 is 0 Å². The van der Waals surface area contributed by atoms with E-state index in [0.29, 0.717) is 18.3 Å². The Morgan fingerprint density at radius 3 is 2.62 bits per heavy atom. The molecule has 0 aromatic rings. The molecule has 2 rings (SSSR count). The first-order valence-electron chi connectivity index (χ1n) is 7.17. The number of unbranched alkanes of at least 4 members (excludes halogenated alkanes) is 3. The van der Waals surface area contributed by atoms with Crippen LogP contribution in [0.2, 0.25) is 0 Å². The van der Waals surface area contributed by atoms with Crippen molar-refractivity contribution < 1.29 is 9.47 Å². The Hall–Kier alpha value is -0.0800. The maximum Gasteiger partial charge on any atom is 0.0841 e. The lowest BCUT2D eigenvalue weighted by Crippen LogP contribution is -2.45. The van der Waals surface area contributed by atoms with Crippen LogP contribution in [0, 0.1) is 0 Å². The molecule has 1 heterocycles. The summed E-state index contributed by atoms with van der Waals surface area (Å²) in [5.41, 5.74) is 0. The summed E-state index contributed by atoms with van der Waals surface area (Å²) < 4.78 is 12.1. The second-order valence-electron chi connectivity index (χ2n) is 5.30. The van der Waals surface area contributed by atoms with E-state index in [1.54, 1.807) is 0 Å². The number of hydrogen-bond donors (Lipinski definition) is 0. The van der Waals surface area contributed by atoms with Crippen LogP contribution < -0.4 is 0 Å². The highest BCUT2D eigenvalue weighted by Gasteiger charge is 2.33. The van der Waals surface area contributed by atoms with Crippen molar-refractivity contribution in [2.75, 3.05) is 6.61 Å². The van der Waals surface area contributed by atoms with Gasteiger partial charge in [-0.25, -0.2) is 0 Å². The third-order valence-corrected chi connectivity index (χ3v) is 3.89. The summed E-state index contributed by atoms with van der Waals surface area (Å²) in [5, 5.41) is 0. The highest BCUT2D eigenvalue weighted by atomic mass is 16.6. The lowest BCUT2D eigenvalue weighted by atomic mass is 9.93. The molecule has 0 aromatic carbocycles. The molecule has 0 bridgehead atoms. The predicted molar refractivity (Wildman–Crippen MR) is 65.6 cm³/mol. The van der Waals surface area contributed by atoms with E-state index >= 15 is 0 Å². The van der Waals surface area contributed by atoms with E-state index in [4.69, 9.17) is 9.47 Å². The van der Waals surface area contributed by atoms with Gasteiger partial charge in [-0.1, -0.05) is 45.4 Å². The number of ether oxygens (including phenoxy) is 2. The molecule has 2 aliphatic rings. The molecule has 3 atom stereocenters. The topological polar surface area (TPSA) is 18.5 Å². The minimum absolute atomic E-state index is 0.385. The molecule has 94 valence electrons. The maximum atomic E-state index is 6.15. The van der Waals surface area contributed by atoms with E-state index in [1.165, 1.54) is 57.8 Å². The van der Waals surface area contributed by atoms with Crippen molar-refractivity contribution in [3.05, 3.63) is 0 Å². The molecule has 2 nitrogen and oxygen atoms in total. The van der Waals surface area contributed by atoms with Crippen molar-refractivity contribution in [1.29, 1.82) is 0 Å². The Morgan fingerprint density at radius 1 is 1.00 bits per heavy atom. The van der Waals surface area contributed by atoms with Crippen LogP contribution in [0.25, 0.3) is 0 Å². The monoisotopic (exact) mass is 226 g/mol. The molecule has 0 aromatic heterocycles. The summed E-state index contributed by atoms with van der Waals surface area (Å²) in [5.74, 6) is 0. The Kier molecular flexibility index (Phi) is 5.11. The molecular weight excluding hydrogens is 200 g/mol. The fourth-order valence-electron chi connectivity index (χ4n) is 2.88. The molecule has 0 unspecified atom stereocenters. The van der Waals surface area contributed by atoms with Crippen molar-refractivity contribution in [3.8, 4) is 0 Å². The van der Waals surface area contributed by atoms with Gasteiger partial charge in [0.15, 0.2) is 0 Å².